The molecule has 0 heterocycles. The van der Waals surface area contributed by atoms with E-state index in [0.717, 1.165) is 35.2 Å². The highest BCUT2D eigenvalue weighted by atomic mass is 35.5. The fourth-order valence-corrected chi connectivity index (χ4v) is 2.10. The largest absolute Gasteiger partial charge is 0.312 e. The zero-order valence-electron chi connectivity index (χ0n) is 9.63. The minimum Gasteiger partial charge on any atom is -0.312 e. The Balaban J connectivity index is 2.21. The predicted octanol–water partition coefficient (Wildman–Crippen LogP) is 3.66. The third-order valence-corrected chi connectivity index (χ3v) is 3.60. The highest BCUT2D eigenvalue weighted by Crippen LogP contribution is 2.15. The van der Waals surface area contributed by atoms with Crippen molar-refractivity contribution in [2.24, 2.45) is 0 Å². The van der Waals surface area contributed by atoms with Crippen LogP contribution in [0, 0.1) is 6.92 Å². The Hall–Kier alpha value is -0.440. The number of aryl methyl sites for hydroxylation is 1. The van der Waals surface area contributed by atoms with Gasteiger partial charge in [0.25, 0.3) is 0 Å². The van der Waals surface area contributed by atoms with Gasteiger partial charge >= 0.3 is 0 Å². The van der Waals surface area contributed by atoms with Crippen LogP contribution in [0.3, 0.4) is 0 Å². The molecule has 1 nitrogen and oxygen atoms in total. The average Bonchev–Trinajstić information content (AvgIpc) is 2.28. The number of nitrogens with one attached hydrogen (secondary N) is 1. The first-order valence-electron chi connectivity index (χ1n) is 5.38. The second-order valence-electron chi connectivity index (χ2n) is 3.62. The summed E-state index contributed by atoms with van der Waals surface area (Å²) in [5, 5.41) is 4.25. The summed E-state index contributed by atoms with van der Waals surface area (Å²) in [6.45, 7) is 7.66. The minimum atomic E-state index is 0.838. The van der Waals surface area contributed by atoms with Crippen molar-refractivity contribution in [1.29, 1.82) is 0 Å². The maximum absolute atomic E-state index is 5.97. The SMILES string of the molecule is C=CCSCCNCc1ccc(Cl)c(C)c1. The number of benzene rings is 1. The molecule has 0 aliphatic rings. The molecule has 0 aromatic heterocycles. The van der Waals surface area contributed by atoms with Gasteiger partial charge in [-0.15, -0.1) is 6.58 Å². The van der Waals surface area contributed by atoms with Gasteiger partial charge in [0.15, 0.2) is 0 Å². The Morgan fingerprint density at radius 1 is 1.50 bits per heavy atom. The molecular formula is C13H18ClNS. The Kier molecular flexibility index (Phi) is 6.62. The summed E-state index contributed by atoms with van der Waals surface area (Å²) in [5.41, 5.74) is 2.43. The molecule has 0 spiro atoms. The first-order chi connectivity index (χ1) is 7.74. The van der Waals surface area contributed by atoms with Crippen molar-refractivity contribution in [3.63, 3.8) is 0 Å². The summed E-state index contributed by atoms with van der Waals surface area (Å²) >= 11 is 7.86. The third kappa shape index (κ3) is 5.06. The van der Waals surface area contributed by atoms with Gasteiger partial charge in [0.05, 0.1) is 0 Å². The summed E-state index contributed by atoms with van der Waals surface area (Å²) in [4.78, 5) is 0. The van der Waals surface area contributed by atoms with Crippen LogP contribution in [0.2, 0.25) is 5.02 Å². The van der Waals surface area contributed by atoms with E-state index in [4.69, 9.17) is 11.6 Å². The molecular weight excluding hydrogens is 238 g/mol. The van der Waals surface area contributed by atoms with E-state index in [1.165, 1.54) is 5.56 Å². The molecule has 1 rings (SSSR count). The monoisotopic (exact) mass is 255 g/mol. The molecule has 0 fully saturated rings. The normalized spacial score (nSPS) is 10.4. The van der Waals surface area contributed by atoms with Crippen molar-refractivity contribution in [2.75, 3.05) is 18.1 Å². The van der Waals surface area contributed by atoms with E-state index >= 15 is 0 Å². The number of halogens is 1. The lowest BCUT2D eigenvalue weighted by Crippen LogP contribution is -2.16. The van der Waals surface area contributed by atoms with E-state index in [1.807, 2.05) is 30.8 Å². The third-order valence-electron chi connectivity index (χ3n) is 2.21. The van der Waals surface area contributed by atoms with E-state index < -0.39 is 0 Å². The molecule has 0 atom stereocenters. The van der Waals surface area contributed by atoms with Crippen molar-refractivity contribution in [1.82, 2.24) is 5.32 Å². The quantitative estimate of drug-likeness (QED) is 0.590. The molecule has 0 amide bonds. The van der Waals surface area contributed by atoms with Crippen molar-refractivity contribution in [3.05, 3.63) is 47.0 Å². The maximum atomic E-state index is 5.97. The predicted molar refractivity (Wildman–Crippen MR) is 75.4 cm³/mol. The van der Waals surface area contributed by atoms with Crippen LogP contribution >= 0.6 is 23.4 Å². The van der Waals surface area contributed by atoms with Crippen molar-refractivity contribution in [3.8, 4) is 0 Å². The summed E-state index contributed by atoms with van der Waals surface area (Å²) in [6, 6.07) is 6.16. The molecule has 16 heavy (non-hydrogen) atoms. The smallest absolute Gasteiger partial charge is 0.0435 e. The van der Waals surface area contributed by atoms with E-state index in [0.29, 0.717) is 0 Å². The molecule has 0 radical (unpaired) electrons. The molecule has 88 valence electrons. The second kappa shape index (κ2) is 7.77. The Labute approximate surface area is 107 Å². The summed E-state index contributed by atoms with van der Waals surface area (Å²) in [6.07, 6.45) is 1.94. The van der Waals surface area contributed by atoms with Gasteiger partial charge in [0, 0.05) is 29.6 Å². The van der Waals surface area contributed by atoms with Crippen LogP contribution in [0.5, 0.6) is 0 Å². The summed E-state index contributed by atoms with van der Waals surface area (Å²) in [7, 11) is 0. The Morgan fingerprint density at radius 2 is 2.31 bits per heavy atom. The van der Waals surface area contributed by atoms with Crippen LogP contribution in [-0.2, 0) is 6.54 Å². The van der Waals surface area contributed by atoms with Crippen LogP contribution in [0.25, 0.3) is 0 Å². The highest BCUT2D eigenvalue weighted by Gasteiger charge is 1.97. The van der Waals surface area contributed by atoms with Gasteiger partial charge in [0.1, 0.15) is 0 Å². The van der Waals surface area contributed by atoms with E-state index in [2.05, 4.69) is 24.0 Å². The van der Waals surface area contributed by atoms with E-state index in [9.17, 15) is 0 Å². The second-order valence-corrected chi connectivity index (χ2v) is 5.18. The molecule has 0 aliphatic carbocycles. The van der Waals surface area contributed by atoms with Crippen LogP contribution in [-0.4, -0.2) is 18.1 Å². The maximum Gasteiger partial charge on any atom is 0.0435 e. The Morgan fingerprint density at radius 3 is 3.00 bits per heavy atom. The first-order valence-corrected chi connectivity index (χ1v) is 6.91. The fourth-order valence-electron chi connectivity index (χ4n) is 1.36. The number of rotatable bonds is 7. The molecule has 0 unspecified atom stereocenters. The molecule has 0 bridgehead atoms. The summed E-state index contributed by atoms with van der Waals surface area (Å²) < 4.78 is 0. The van der Waals surface area contributed by atoms with Gasteiger partial charge in [-0.1, -0.05) is 29.8 Å². The summed E-state index contributed by atoms with van der Waals surface area (Å²) in [5.74, 6) is 2.15. The van der Waals surface area contributed by atoms with Gasteiger partial charge in [-0.3, -0.25) is 0 Å². The topological polar surface area (TPSA) is 12.0 Å². The van der Waals surface area contributed by atoms with Crippen molar-refractivity contribution < 1.29 is 0 Å². The molecule has 0 saturated heterocycles. The number of thioether (sulfide) groups is 1. The zero-order chi connectivity index (χ0) is 11.8. The highest BCUT2D eigenvalue weighted by molar-refractivity contribution is 7.99. The molecule has 1 aromatic carbocycles. The van der Waals surface area contributed by atoms with Crippen molar-refractivity contribution >= 4 is 23.4 Å². The molecule has 0 aliphatic heterocycles. The molecule has 3 heteroatoms. The molecule has 1 N–H and O–H groups in total. The van der Waals surface area contributed by atoms with Gasteiger partial charge in [-0.25, -0.2) is 0 Å². The van der Waals surface area contributed by atoms with E-state index in [1.54, 1.807) is 0 Å². The minimum absolute atomic E-state index is 0.838. The Bertz CT molecular complexity index is 339. The van der Waals surface area contributed by atoms with Gasteiger partial charge in [-0.2, -0.15) is 11.8 Å². The lowest BCUT2D eigenvalue weighted by atomic mass is 10.1. The average molecular weight is 256 g/mol. The lowest BCUT2D eigenvalue weighted by molar-refractivity contribution is 0.732. The van der Waals surface area contributed by atoms with Crippen LogP contribution in [0.4, 0.5) is 0 Å². The molecule has 1 aromatic rings. The fraction of sp³-hybridized carbons (Fsp3) is 0.385. The standard InChI is InChI=1S/C13H18ClNS/c1-3-7-16-8-6-15-10-12-4-5-13(14)11(2)9-12/h3-5,9,15H,1,6-8,10H2,2H3. The number of hydrogen-bond acceptors (Lipinski definition) is 2. The first kappa shape index (κ1) is 13.6. The van der Waals surface area contributed by atoms with Crippen LogP contribution in [0.15, 0.2) is 30.9 Å². The lowest BCUT2D eigenvalue weighted by Gasteiger charge is -2.06. The van der Waals surface area contributed by atoms with Gasteiger partial charge in [-0.05, 0) is 24.1 Å². The van der Waals surface area contributed by atoms with Crippen LogP contribution in [0.1, 0.15) is 11.1 Å². The van der Waals surface area contributed by atoms with E-state index in [-0.39, 0.29) is 0 Å². The van der Waals surface area contributed by atoms with Crippen LogP contribution < -0.4 is 5.32 Å². The van der Waals surface area contributed by atoms with Crippen molar-refractivity contribution in [2.45, 2.75) is 13.5 Å². The molecule has 0 saturated carbocycles. The zero-order valence-corrected chi connectivity index (χ0v) is 11.2. The number of hydrogen-bond donors (Lipinski definition) is 1. The van der Waals surface area contributed by atoms with Gasteiger partial charge in [0.2, 0.25) is 0 Å². The van der Waals surface area contributed by atoms with Gasteiger partial charge < -0.3 is 5.32 Å².